The maximum Gasteiger partial charge on any atom is 0.242 e. The third kappa shape index (κ3) is 3.33. The van der Waals surface area contributed by atoms with Crippen LogP contribution in [0.4, 0.5) is 0 Å². The molecule has 1 N–H and O–H groups in total. The maximum absolute atomic E-state index is 12.4. The molecule has 0 saturated carbocycles. The normalized spacial score (nSPS) is 16.1. The first-order valence-electron chi connectivity index (χ1n) is 8.74. The summed E-state index contributed by atoms with van der Waals surface area (Å²) in [4.78, 5) is 25.7. The average Bonchev–Trinajstić information content (AvgIpc) is 3.07. The van der Waals surface area contributed by atoms with E-state index in [0.29, 0.717) is 5.82 Å². The van der Waals surface area contributed by atoms with E-state index in [1.54, 1.807) is 23.3 Å². The van der Waals surface area contributed by atoms with E-state index in [-0.39, 0.29) is 18.5 Å². The molecule has 1 amide bonds. The standard InChI is InChI=1S/C19H20N6O/c1-13-5-10-22-25(13)12-18(26)23-16-3-2-4-17-15(16)11-21-19(24-17)14-6-8-20-9-7-14/h5-11,16H,2-4,12H2,1H3,(H,23,26)/t16-/m1/s1. The minimum atomic E-state index is -0.0483. The highest BCUT2D eigenvalue weighted by Crippen LogP contribution is 2.29. The molecule has 0 unspecified atom stereocenters. The molecule has 1 aliphatic carbocycles. The third-order valence-corrected chi connectivity index (χ3v) is 4.68. The van der Waals surface area contributed by atoms with Gasteiger partial charge in [-0.05, 0) is 44.4 Å². The Morgan fingerprint density at radius 2 is 2.12 bits per heavy atom. The highest BCUT2D eigenvalue weighted by molar-refractivity contribution is 5.76. The number of amides is 1. The van der Waals surface area contributed by atoms with E-state index >= 15 is 0 Å². The van der Waals surface area contributed by atoms with Gasteiger partial charge in [-0.2, -0.15) is 5.10 Å². The van der Waals surface area contributed by atoms with Gasteiger partial charge in [0.1, 0.15) is 6.54 Å². The van der Waals surface area contributed by atoms with Gasteiger partial charge in [-0.15, -0.1) is 0 Å². The van der Waals surface area contributed by atoms with Crippen LogP contribution in [0.2, 0.25) is 0 Å². The number of aryl methyl sites for hydroxylation is 2. The summed E-state index contributed by atoms with van der Waals surface area (Å²) in [7, 11) is 0. The molecule has 7 nitrogen and oxygen atoms in total. The van der Waals surface area contributed by atoms with Crippen molar-refractivity contribution in [1.29, 1.82) is 0 Å². The zero-order chi connectivity index (χ0) is 17.9. The topological polar surface area (TPSA) is 85.6 Å². The Balaban J connectivity index is 1.52. The lowest BCUT2D eigenvalue weighted by Gasteiger charge is -2.25. The fourth-order valence-corrected chi connectivity index (χ4v) is 3.28. The van der Waals surface area contributed by atoms with Crippen molar-refractivity contribution in [3.63, 3.8) is 0 Å². The molecule has 26 heavy (non-hydrogen) atoms. The van der Waals surface area contributed by atoms with Crippen LogP contribution in [-0.2, 0) is 17.8 Å². The fraction of sp³-hybridized carbons (Fsp3) is 0.316. The average molecular weight is 348 g/mol. The predicted molar refractivity (Wildman–Crippen MR) is 96.0 cm³/mol. The molecule has 132 valence electrons. The van der Waals surface area contributed by atoms with Crippen molar-refractivity contribution in [2.45, 2.75) is 38.8 Å². The summed E-state index contributed by atoms with van der Waals surface area (Å²) in [5.74, 6) is 0.651. The predicted octanol–water partition coefficient (Wildman–Crippen LogP) is 2.24. The van der Waals surface area contributed by atoms with E-state index in [0.717, 1.165) is 41.8 Å². The third-order valence-electron chi connectivity index (χ3n) is 4.68. The lowest BCUT2D eigenvalue weighted by atomic mass is 9.92. The summed E-state index contributed by atoms with van der Waals surface area (Å²) in [6, 6.07) is 5.64. The summed E-state index contributed by atoms with van der Waals surface area (Å²) in [6.45, 7) is 2.16. The van der Waals surface area contributed by atoms with Crippen molar-refractivity contribution >= 4 is 5.91 Å². The van der Waals surface area contributed by atoms with Crippen LogP contribution < -0.4 is 5.32 Å². The minimum Gasteiger partial charge on any atom is -0.348 e. The molecule has 0 aliphatic heterocycles. The van der Waals surface area contributed by atoms with Gasteiger partial charge in [-0.1, -0.05) is 0 Å². The summed E-state index contributed by atoms with van der Waals surface area (Å²) >= 11 is 0. The van der Waals surface area contributed by atoms with Crippen molar-refractivity contribution < 1.29 is 4.79 Å². The number of fused-ring (bicyclic) bond motifs is 1. The molecule has 3 heterocycles. The number of nitrogens with one attached hydrogen (secondary N) is 1. The molecule has 0 saturated heterocycles. The smallest absolute Gasteiger partial charge is 0.242 e. The Morgan fingerprint density at radius 3 is 2.88 bits per heavy atom. The molecule has 0 bridgehead atoms. The lowest BCUT2D eigenvalue weighted by molar-refractivity contribution is -0.122. The first-order chi connectivity index (χ1) is 12.7. The highest BCUT2D eigenvalue weighted by Gasteiger charge is 2.24. The maximum atomic E-state index is 12.4. The second-order valence-corrected chi connectivity index (χ2v) is 6.47. The second kappa shape index (κ2) is 7.03. The fourth-order valence-electron chi connectivity index (χ4n) is 3.28. The molecular formula is C19H20N6O. The minimum absolute atomic E-state index is 0.0476. The van der Waals surface area contributed by atoms with Crippen molar-refractivity contribution in [2.24, 2.45) is 0 Å². The number of carbonyl (C=O) groups excluding carboxylic acids is 1. The van der Waals surface area contributed by atoms with E-state index < -0.39 is 0 Å². The summed E-state index contributed by atoms with van der Waals surface area (Å²) < 4.78 is 1.70. The molecule has 0 aromatic carbocycles. The number of aromatic nitrogens is 5. The Bertz CT molecular complexity index is 921. The van der Waals surface area contributed by atoms with Crippen LogP contribution in [0, 0.1) is 6.92 Å². The Hall–Kier alpha value is -3.09. The first kappa shape index (κ1) is 16.4. The number of pyridine rings is 1. The zero-order valence-electron chi connectivity index (χ0n) is 14.6. The van der Waals surface area contributed by atoms with Crippen molar-refractivity contribution in [3.8, 4) is 11.4 Å². The molecule has 3 aromatic rings. The number of nitrogens with zero attached hydrogens (tertiary/aromatic N) is 5. The van der Waals surface area contributed by atoms with Gasteiger partial charge in [0.15, 0.2) is 5.82 Å². The largest absolute Gasteiger partial charge is 0.348 e. The van der Waals surface area contributed by atoms with Gasteiger partial charge in [0.2, 0.25) is 5.91 Å². The molecule has 4 rings (SSSR count). The number of rotatable bonds is 4. The number of carbonyl (C=O) groups is 1. The Labute approximate surface area is 151 Å². The van der Waals surface area contributed by atoms with Gasteiger partial charge < -0.3 is 5.32 Å². The van der Waals surface area contributed by atoms with E-state index in [1.165, 1.54) is 0 Å². The first-order valence-corrected chi connectivity index (χ1v) is 8.74. The van der Waals surface area contributed by atoms with Gasteiger partial charge in [0.25, 0.3) is 0 Å². The quantitative estimate of drug-likeness (QED) is 0.781. The van der Waals surface area contributed by atoms with Crippen LogP contribution in [0.3, 0.4) is 0 Å². The molecule has 0 radical (unpaired) electrons. The van der Waals surface area contributed by atoms with Crippen LogP contribution in [0.15, 0.2) is 43.0 Å². The van der Waals surface area contributed by atoms with Gasteiger partial charge in [-0.25, -0.2) is 9.97 Å². The van der Waals surface area contributed by atoms with Crippen LogP contribution in [0.25, 0.3) is 11.4 Å². The summed E-state index contributed by atoms with van der Waals surface area (Å²) in [6.07, 6.45) is 9.81. The van der Waals surface area contributed by atoms with E-state index in [4.69, 9.17) is 4.98 Å². The Kier molecular flexibility index (Phi) is 4.43. The monoisotopic (exact) mass is 348 g/mol. The molecule has 1 aliphatic rings. The van der Waals surface area contributed by atoms with Crippen molar-refractivity contribution in [1.82, 2.24) is 30.0 Å². The summed E-state index contributed by atoms with van der Waals surface area (Å²) in [5.41, 5.74) is 3.94. The molecule has 3 aromatic heterocycles. The SMILES string of the molecule is Cc1ccnn1CC(=O)N[C@@H]1CCCc2nc(-c3ccncc3)ncc21. The van der Waals surface area contributed by atoms with Crippen LogP contribution in [0.1, 0.15) is 35.8 Å². The summed E-state index contributed by atoms with van der Waals surface area (Å²) in [5, 5.41) is 7.27. The van der Waals surface area contributed by atoms with Gasteiger partial charge in [0.05, 0.1) is 6.04 Å². The number of hydrogen-bond acceptors (Lipinski definition) is 5. The lowest BCUT2D eigenvalue weighted by Crippen LogP contribution is -2.34. The van der Waals surface area contributed by atoms with Crippen molar-refractivity contribution in [2.75, 3.05) is 0 Å². The van der Waals surface area contributed by atoms with E-state index in [2.05, 4.69) is 20.4 Å². The van der Waals surface area contributed by atoms with Crippen molar-refractivity contribution in [3.05, 3.63) is 59.9 Å². The van der Waals surface area contributed by atoms with E-state index in [1.807, 2.05) is 31.3 Å². The van der Waals surface area contributed by atoms with Gasteiger partial charge in [0, 0.05) is 47.3 Å². The number of hydrogen-bond donors (Lipinski definition) is 1. The zero-order valence-corrected chi connectivity index (χ0v) is 14.6. The van der Waals surface area contributed by atoms with Gasteiger partial charge >= 0.3 is 0 Å². The highest BCUT2D eigenvalue weighted by atomic mass is 16.2. The molecule has 1 atom stereocenters. The second-order valence-electron chi connectivity index (χ2n) is 6.47. The van der Waals surface area contributed by atoms with E-state index in [9.17, 15) is 4.79 Å². The molecule has 7 heteroatoms. The molecule has 0 fully saturated rings. The van der Waals surface area contributed by atoms with Crippen LogP contribution in [-0.4, -0.2) is 30.6 Å². The molecule has 0 spiro atoms. The Morgan fingerprint density at radius 1 is 1.27 bits per heavy atom. The molecular weight excluding hydrogens is 328 g/mol. The van der Waals surface area contributed by atoms with Gasteiger partial charge in [-0.3, -0.25) is 14.5 Å². The van der Waals surface area contributed by atoms with Crippen LogP contribution in [0.5, 0.6) is 0 Å². The van der Waals surface area contributed by atoms with Crippen LogP contribution >= 0.6 is 0 Å².